The molecule has 2 aliphatic rings. The number of fused-ring (bicyclic) bond motifs is 1. The van der Waals surface area contributed by atoms with Gasteiger partial charge in [-0.1, -0.05) is 24.3 Å². The summed E-state index contributed by atoms with van der Waals surface area (Å²) in [5.41, 5.74) is 3.43. The number of nitrogens with one attached hydrogen (secondary N) is 1. The van der Waals surface area contributed by atoms with Crippen LogP contribution in [-0.2, 0) is 16.6 Å². The van der Waals surface area contributed by atoms with Gasteiger partial charge in [-0.3, -0.25) is 0 Å². The second-order valence-corrected chi connectivity index (χ2v) is 6.19. The molecule has 1 fully saturated rings. The number of hydrogen-bond acceptors (Lipinski definition) is 2. The van der Waals surface area contributed by atoms with Gasteiger partial charge in [-0.05, 0) is 49.7 Å². The van der Waals surface area contributed by atoms with Crippen molar-refractivity contribution in [3.63, 3.8) is 0 Å². The van der Waals surface area contributed by atoms with Crippen molar-refractivity contribution < 1.29 is 4.74 Å². The summed E-state index contributed by atoms with van der Waals surface area (Å²) in [4.78, 5) is 0. The molecule has 0 amide bonds. The van der Waals surface area contributed by atoms with Crippen molar-refractivity contribution in [3.05, 3.63) is 35.4 Å². The monoisotopic (exact) mass is 259 g/mol. The molecule has 1 unspecified atom stereocenters. The van der Waals surface area contributed by atoms with E-state index in [0.29, 0.717) is 5.41 Å². The van der Waals surface area contributed by atoms with Crippen molar-refractivity contribution in [3.8, 4) is 0 Å². The van der Waals surface area contributed by atoms with Gasteiger partial charge in [0.1, 0.15) is 0 Å². The van der Waals surface area contributed by atoms with Crippen LogP contribution in [0.1, 0.15) is 43.2 Å². The van der Waals surface area contributed by atoms with Gasteiger partial charge in [-0.25, -0.2) is 0 Å². The molecule has 2 aliphatic carbocycles. The predicted octanol–water partition coefficient (Wildman–Crippen LogP) is 3.05. The molecule has 2 heteroatoms. The lowest BCUT2D eigenvalue weighted by Gasteiger charge is -2.39. The standard InChI is InChI=1S/C17H25NO/c1-19-12-11-17(13-18-15-8-9-15)10-4-6-14-5-2-3-7-16(14)17/h2-3,5,7,15,18H,4,6,8-13H2,1H3. The highest BCUT2D eigenvalue weighted by Crippen LogP contribution is 2.40. The maximum atomic E-state index is 5.38. The Morgan fingerprint density at radius 3 is 2.95 bits per heavy atom. The zero-order chi connectivity index (χ0) is 13.1. The maximum Gasteiger partial charge on any atom is 0.0471 e. The molecule has 0 aromatic heterocycles. The van der Waals surface area contributed by atoms with E-state index in [-0.39, 0.29) is 0 Å². The van der Waals surface area contributed by atoms with Gasteiger partial charge in [-0.15, -0.1) is 0 Å². The summed E-state index contributed by atoms with van der Waals surface area (Å²) in [6, 6.07) is 9.82. The molecule has 0 bridgehead atoms. The molecule has 1 saturated carbocycles. The number of ether oxygens (including phenoxy) is 1. The normalized spacial score (nSPS) is 26.2. The molecule has 2 nitrogen and oxygen atoms in total. The molecule has 0 saturated heterocycles. The van der Waals surface area contributed by atoms with Crippen molar-refractivity contribution in [2.75, 3.05) is 20.3 Å². The van der Waals surface area contributed by atoms with Crippen LogP contribution < -0.4 is 5.32 Å². The fourth-order valence-corrected chi connectivity index (χ4v) is 3.46. The molecule has 3 rings (SSSR count). The van der Waals surface area contributed by atoms with Crippen molar-refractivity contribution in [2.24, 2.45) is 0 Å². The van der Waals surface area contributed by atoms with Gasteiger partial charge in [0, 0.05) is 31.7 Å². The van der Waals surface area contributed by atoms with Crippen LogP contribution in [0.2, 0.25) is 0 Å². The van der Waals surface area contributed by atoms with E-state index in [1.54, 1.807) is 11.1 Å². The third-order valence-electron chi connectivity index (χ3n) is 4.78. The van der Waals surface area contributed by atoms with Crippen LogP contribution in [-0.4, -0.2) is 26.3 Å². The number of aryl methyl sites for hydroxylation is 1. The highest BCUT2D eigenvalue weighted by molar-refractivity contribution is 5.37. The van der Waals surface area contributed by atoms with Crippen molar-refractivity contribution in [1.82, 2.24) is 5.32 Å². The van der Waals surface area contributed by atoms with Gasteiger partial charge in [0.15, 0.2) is 0 Å². The Bertz CT molecular complexity index is 427. The average molecular weight is 259 g/mol. The number of rotatable bonds is 6. The van der Waals surface area contributed by atoms with E-state index in [1.165, 1.54) is 32.1 Å². The first kappa shape index (κ1) is 13.1. The van der Waals surface area contributed by atoms with Crippen molar-refractivity contribution in [2.45, 2.75) is 50.0 Å². The van der Waals surface area contributed by atoms with E-state index in [9.17, 15) is 0 Å². The summed E-state index contributed by atoms with van der Waals surface area (Å²) in [7, 11) is 1.82. The Balaban J connectivity index is 1.84. The zero-order valence-electron chi connectivity index (χ0n) is 12.0. The van der Waals surface area contributed by atoms with E-state index in [0.717, 1.165) is 25.6 Å². The zero-order valence-corrected chi connectivity index (χ0v) is 12.0. The van der Waals surface area contributed by atoms with Gasteiger partial charge < -0.3 is 10.1 Å². The predicted molar refractivity (Wildman–Crippen MR) is 78.6 cm³/mol. The minimum Gasteiger partial charge on any atom is -0.385 e. The van der Waals surface area contributed by atoms with E-state index >= 15 is 0 Å². The number of methoxy groups -OCH3 is 1. The van der Waals surface area contributed by atoms with Crippen LogP contribution in [0.25, 0.3) is 0 Å². The Morgan fingerprint density at radius 1 is 1.32 bits per heavy atom. The second-order valence-electron chi connectivity index (χ2n) is 6.19. The topological polar surface area (TPSA) is 21.3 Å². The van der Waals surface area contributed by atoms with Crippen LogP contribution in [0.3, 0.4) is 0 Å². The molecule has 19 heavy (non-hydrogen) atoms. The van der Waals surface area contributed by atoms with Gasteiger partial charge in [-0.2, -0.15) is 0 Å². The molecular formula is C17H25NO. The molecule has 0 spiro atoms. The molecular weight excluding hydrogens is 234 g/mol. The Hall–Kier alpha value is -0.860. The summed E-state index contributed by atoms with van der Waals surface area (Å²) >= 11 is 0. The van der Waals surface area contributed by atoms with Gasteiger partial charge in [0.25, 0.3) is 0 Å². The van der Waals surface area contributed by atoms with Gasteiger partial charge >= 0.3 is 0 Å². The summed E-state index contributed by atoms with van der Waals surface area (Å²) in [6.45, 7) is 1.98. The second kappa shape index (κ2) is 5.64. The van der Waals surface area contributed by atoms with E-state index < -0.39 is 0 Å². The molecule has 1 atom stereocenters. The largest absolute Gasteiger partial charge is 0.385 e. The summed E-state index contributed by atoms with van der Waals surface area (Å²) < 4.78 is 5.38. The van der Waals surface area contributed by atoms with E-state index in [1.807, 2.05) is 7.11 Å². The quantitative estimate of drug-likeness (QED) is 0.848. The Labute approximate surface area is 116 Å². The molecule has 0 radical (unpaired) electrons. The molecule has 1 aromatic rings. The lowest BCUT2D eigenvalue weighted by molar-refractivity contribution is 0.157. The highest BCUT2D eigenvalue weighted by Gasteiger charge is 2.37. The fraction of sp³-hybridized carbons (Fsp3) is 0.647. The van der Waals surface area contributed by atoms with Crippen LogP contribution in [0.5, 0.6) is 0 Å². The molecule has 1 N–H and O–H groups in total. The van der Waals surface area contributed by atoms with Crippen LogP contribution in [0, 0.1) is 0 Å². The van der Waals surface area contributed by atoms with Crippen LogP contribution in [0.4, 0.5) is 0 Å². The van der Waals surface area contributed by atoms with E-state index in [2.05, 4.69) is 29.6 Å². The first-order valence-electron chi connectivity index (χ1n) is 7.65. The smallest absolute Gasteiger partial charge is 0.0471 e. The van der Waals surface area contributed by atoms with Crippen molar-refractivity contribution >= 4 is 0 Å². The summed E-state index contributed by atoms with van der Waals surface area (Å²) in [6.07, 6.45) is 7.72. The maximum absolute atomic E-state index is 5.38. The first-order valence-corrected chi connectivity index (χ1v) is 7.65. The third-order valence-corrected chi connectivity index (χ3v) is 4.78. The lowest BCUT2D eigenvalue weighted by Crippen LogP contribution is -2.42. The molecule has 0 heterocycles. The fourth-order valence-electron chi connectivity index (χ4n) is 3.46. The minimum atomic E-state index is 0.299. The Kier molecular flexibility index (Phi) is 3.90. The number of benzene rings is 1. The van der Waals surface area contributed by atoms with Gasteiger partial charge in [0.05, 0.1) is 0 Å². The van der Waals surface area contributed by atoms with E-state index in [4.69, 9.17) is 4.74 Å². The first-order chi connectivity index (χ1) is 9.34. The Morgan fingerprint density at radius 2 is 2.16 bits per heavy atom. The number of hydrogen-bond donors (Lipinski definition) is 1. The molecule has 0 aliphatic heterocycles. The van der Waals surface area contributed by atoms with Crippen LogP contribution >= 0.6 is 0 Å². The third kappa shape index (κ3) is 2.85. The average Bonchev–Trinajstić information content (AvgIpc) is 3.27. The van der Waals surface area contributed by atoms with Gasteiger partial charge in [0.2, 0.25) is 0 Å². The molecule has 104 valence electrons. The SMILES string of the molecule is COCCC1(CNC2CC2)CCCc2ccccc21. The summed E-state index contributed by atoms with van der Waals surface area (Å²) in [5.74, 6) is 0. The summed E-state index contributed by atoms with van der Waals surface area (Å²) in [5, 5.41) is 3.76. The van der Waals surface area contributed by atoms with Crippen LogP contribution in [0.15, 0.2) is 24.3 Å². The minimum absolute atomic E-state index is 0.299. The highest BCUT2D eigenvalue weighted by atomic mass is 16.5. The molecule has 1 aromatic carbocycles. The van der Waals surface area contributed by atoms with Crippen molar-refractivity contribution in [1.29, 1.82) is 0 Å². The lowest BCUT2D eigenvalue weighted by atomic mass is 9.68.